The summed E-state index contributed by atoms with van der Waals surface area (Å²) in [6, 6.07) is 19.5. The lowest BCUT2D eigenvalue weighted by molar-refractivity contribution is -0.117. The van der Waals surface area contributed by atoms with Crippen LogP contribution in [0.4, 0.5) is 5.00 Å². The summed E-state index contributed by atoms with van der Waals surface area (Å²) in [5.74, 6) is 0.466. The number of carbonyl (C=O) groups excluding carboxylic acids is 1. The number of anilines is 1. The first-order valence-electron chi connectivity index (χ1n) is 7.36. The molecule has 0 saturated heterocycles. The van der Waals surface area contributed by atoms with Crippen molar-refractivity contribution in [2.45, 2.75) is 5.92 Å². The summed E-state index contributed by atoms with van der Waals surface area (Å²) >= 11 is 1.29. The van der Waals surface area contributed by atoms with Crippen LogP contribution < -0.4 is 10.1 Å². The van der Waals surface area contributed by atoms with Crippen molar-refractivity contribution < 1.29 is 9.53 Å². The summed E-state index contributed by atoms with van der Waals surface area (Å²) in [6.45, 7) is 0.384. The first kappa shape index (κ1) is 14.0. The Bertz CT molecular complexity index is 845. The van der Waals surface area contributed by atoms with E-state index in [-0.39, 0.29) is 11.8 Å². The summed E-state index contributed by atoms with van der Waals surface area (Å²) in [5.41, 5.74) is 2.85. The second-order valence-corrected chi connectivity index (χ2v) is 6.14. The summed E-state index contributed by atoms with van der Waals surface area (Å²) in [7, 11) is 0. The molecule has 23 heavy (non-hydrogen) atoms. The number of hydrogen-bond acceptors (Lipinski definition) is 4. The number of para-hydroxylation sites is 1. The zero-order valence-electron chi connectivity index (χ0n) is 12.2. The van der Waals surface area contributed by atoms with E-state index in [1.807, 2.05) is 60.7 Å². The van der Waals surface area contributed by atoms with Crippen molar-refractivity contribution in [3.05, 3.63) is 66.2 Å². The van der Waals surface area contributed by atoms with Gasteiger partial charge in [0.05, 0.1) is 5.69 Å². The summed E-state index contributed by atoms with van der Waals surface area (Å²) in [4.78, 5) is 12.5. The fraction of sp³-hybridized carbons (Fsp3) is 0.111. The summed E-state index contributed by atoms with van der Waals surface area (Å²) in [6.07, 6.45) is 0. The van der Waals surface area contributed by atoms with Crippen LogP contribution in [0.2, 0.25) is 0 Å². The largest absolute Gasteiger partial charge is 0.492 e. The number of aromatic nitrogens is 1. The molecule has 0 saturated carbocycles. The number of nitrogens with zero attached hydrogens (tertiary/aromatic N) is 1. The van der Waals surface area contributed by atoms with Gasteiger partial charge in [0, 0.05) is 17.2 Å². The van der Waals surface area contributed by atoms with Crippen LogP contribution in [-0.2, 0) is 4.79 Å². The molecule has 0 bridgehead atoms. The third-order valence-corrected chi connectivity index (χ3v) is 4.55. The van der Waals surface area contributed by atoms with Gasteiger partial charge in [0.25, 0.3) is 0 Å². The van der Waals surface area contributed by atoms with Crippen molar-refractivity contribution in [3.63, 3.8) is 0 Å². The number of carbonyl (C=O) groups is 1. The Labute approximate surface area is 137 Å². The highest BCUT2D eigenvalue weighted by atomic mass is 32.1. The number of nitrogens with one attached hydrogen (secondary N) is 1. The summed E-state index contributed by atoms with van der Waals surface area (Å²) in [5, 5.41) is 3.70. The van der Waals surface area contributed by atoms with E-state index in [9.17, 15) is 4.79 Å². The molecule has 0 unspecified atom stereocenters. The van der Waals surface area contributed by atoms with Gasteiger partial charge in [-0.2, -0.15) is 4.37 Å². The molecular weight excluding hydrogens is 308 g/mol. The molecule has 1 aliphatic rings. The van der Waals surface area contributed by atoms with Gasteiger partial charge in [-0.15, -0.1) is 0 Å². The molecule has 0 spiro atoms. The molecule has 1 N–H and O–H groups in total. The van der Waals surface area contributed by atoms with Gasteiger partial charge in [0.1, 0.15) is 23.3 Å². The van der Waals surface area contributed by atoms with Crippen molar-refractivity contribution in [3.8, 4) is 17.0 Å². The van der Waals surface area contributed by atoms with Crippen molar-refractivity contribution in [1.29, 1.82) is 0 Å². The van der Waals surface area contributed by atoms with Crippen molar-refractivity contribution >= 4 is 22.4 Å². The quantitative estimate of drug-likeness (QED) is 0.795. The first-order chi connectivity index (χ1) is 11.3. The van der Waals surface area contributed by atoms with Crippen LogP contribution in [-0.4, -0.2) is 16.9 Å². The van der Waals surface area contributed by atoms with Gasteiger partial charge in [-0.1, -0.05) is 48.5 Å². The molecule has 0 fully saturated rings. The highest BCUT2D eigenvalue weighted by Crippen LogP contribution is 2.34. The number of fused-ring (bicyclic) bond motifs is 1. The topological polar surface area (TPSA) is 51.2 Å². The van der Waals surface area contributed by atoms with E-state index in [1.165, 1.54) is 11.5 Å². The van der Waals surface area contributed by atoms with Crippen molar-refractivity contribution in [1.82, 2.24) is 4.37 Å². The van der Waals surface area contributed by atoms with E-state index in [4.69, 9.17) is 4.74 Å². The van der Waals surface area contributed by atoms with Crippen molar-refractivity contribution in [2.75, 3.05) is 11.9 Å². The lowest BCUT2D eigenvalue weighted by Gasteiger charge is -2.08. The van der Waals surface area contributed by atoms with E-state index in [0.717, 1.165) is 27.6 Å². The third kappa shape index (κ3) is 2.71. The zero-order valence-corrected chi connectivity index (χ0v) is 13.0. The zero-order chi connectivity index (χ0) is 15.6. The lowest BCUT2D eigenvalue weighted by Crippen LogP contribution is -2.21. The minimum Gasteiger partial charge on any atom is -0.492 e. The second kappa shape index (κ2) is 5.85. The molecule has 1 aromatic heterocycles. The van der Waals surface area contributed by atoms with Crippen LogP contribution in [0.25, 0.3) is 11.3 Å². The Morgan fingerprint density at radius 1 is 1.13 bits per heavy atom. The Morgan fingerprint density at radius 2 is 1.91 bits per heavy atom. The number of ether oxygens (including phenoxy) is 1. The molecule has 1 atom stereocenters. The number of benzene rings is 2. The van der Waals surface area contributed by atoms with Crippen LogP contribution in [0, 0.1) is 0 Å². The van der Waals surface area contributed by atoms with Gasteiger partial charge < -0.3 is 10.1 Å². The Hall–Kier alpha value is -2.66. The smallest absolute Gasteiger partial charge is 0.236 e. The van der Waals surface area contributed by atoms with Gasteiger partial charge in [-0.3, -0.25) is 4.79 Å². The van der Waals surface area contributed by atoms with Crippen LogP contribution in [0.1, 0.15) is 11.5 Å². The van der Waals surface area contributed by atoms with Gasteiger partial charge in [-0.25, -0.2) is 0 Å². The van der Waals surface area contributed by atoms with E-state index >= 15 is 0 Å². The molecule has 5 heteroatoms. The fourth-order valence-corrected chi connectivity index (χ4v) is 3.33. The molecule has 1 amide bonds. The SMILES string of the molecule is O=C(Nc1cc(-c2ccccc2)ns1)[C@H]1COc2ccccc21. The Kier molecular flexibility index (Phi) is 3.55. The normalized spacial score (nSPS) is 15.7. The van der Waals surface area contributed by atoms with Crippen LogP contribution in [0.15, 0.2) is 60.7 Å². The average Bonchev–Trinajstić information content (AvgIpc) is 3.22. The number of amides is 1. The fourth-order valence-electron chi connectivity index (χ4n) is 2.67. The lowest BCUT2D eigenvalue weighted by atomic mass is 10.0. The highest BCUT2D eigenvalue weighted by molar-refractivity contribution is 7.10. The molecule has 4 nitrogen and oxygen atoms in total. The van der Waals surface area contributed by atoms with Gasteiger partial charge in [0.2, 0.25) is 5.91 Å². The molecule has 1 aliphatic heterocycles. The molecular formula is C18H14N2O2S. The molecule has 114 valence electrons. The van der Waals surface area contributed by atoms with E-state index in [1.54, 1.807) is 0 Å². The predicted octanol–water partition coefficient (Wildman–Crippen LogP) is 3.92. The van der Waals surface area contributed by atoms with Crippen LogP contribution >= 0.6 is 11.5 Å². The minimum atomic E-state index is -0.270. The Morgan fingerprint density at radius 3 is 2.78 bits per heavy atom. The molecule has 0 aliphatic carbocycles. The highest BCUT2D eigenvalue weighted by Gasteiger charge is 2.30. The first-order valence-corrected chi connectivity index (χ1v) is 8.13. The Balaban J connectivity index is 1.51. The predicted molar refractivity (Wildman–Crippen MR) is 90.9 cm³/mol. The van der Waals surface area contributed by atoms with Crippen LogP contribution in [0.3, 0.4) is 0 Å². The standard InChI is InChI=1S/C18H14N2O2S/c21-18(14-11-22-16-9-5-4-8-13(14)16)19-17-10-15(20-23-17)12-6-2-1-3-7-12/h1-10,14H,11H2,(H,19,21)/t14-/m0/s1. The van der Waals surface area contributed by atoms with Gasteiger partial charge in [-0.05, 0) is 17.6 Å². The third-order valence-electron chi connectivity index (χ3n) is 3.84. The number of rotatable bonds is 3. The van der Waals surface area contributed by atoms with Gasteiger partial charge >= 0.3 is 0 Å². The van der Waals surface area contributed by atoms with E-state index in [2.05, 4.69) is 9.69 Å². The molecule has 3 aromatic rings. The maximum Gasteiger partial charge on any atom is 0.236 e. The van der Waals surface area contributed by atoms with E-state index < -0.39 is 0 Å². The monoisotopic (exact) mass is 322 g/mol. The van der Waals surface area contributed by atoms with Crippen molar-refractivity contribution in [2.24, 2.45) is 0 Å². The maximum absolute atomic E-state index is 12.5. The molecule has 4 rings (SSSR count). The second-order valence-electron chi connectivity index (χ2n) is 5.33. The average molecular weight is 322 g/mol. The molecule has 2 aromatic carbocycles. The van der Waals surface area contributed by atoms with E-state index in [0.29, 0.717) is 6.61 Å². The molecule has 2 heterocycles. The number of hydrogen-bond donors (Lipinski definition) is 1. The minimum absolute atomic E-state index is 0.0572. The maximum atomic E-state index is 12.5. The molecule has 0 radical (unpaired) electrons. The summed E-state index contributed by atoms with van der Waals surface area (Å²) < 4.78 is 9.98. The van der Waals surface area contributed by atoms with Gasteiger partial charge in [0.15, 0.2) is 0 Å². The van der Waals surface area contributed by atoms with Crippen LogP contribution in [0.5, 0.6) is 5.75 Å².